The van der Waals surface area contributed by atoms with Crippen LogP contribution in [-0.4, -0.2) is 4.57 Å². The lowest BCUT2D eigenvalue weighted by Crippen LogP contribution is -1.98. The van der Waals surface area contributed by atoms with E-state index in [2.05, 4.69) is 0 Å². The predicted octanol–water partition coefficient (Wildman–Crippen LogP) is 4.61. The van der Waals surface area contributed by atoms with Crippen LogP contribution in [0.5, 0.6) is 0 Å². The van der Waals surface area contributed by atoms with Gasteiger partial charge in [-0.3, -0.25) is 0 Å². The Hall–Kier alpha value is -0.630. The van der Waals surface area contributed by atoms with Crippen LogP contribution in [0.4, 0.5) is 0 Å². The maximum atomic E-state index is 5.93. The Balaban J connectivity index is 2.47. The van der Waals surface area contributed by atoms with Crippen molar-refractivity contribution < 1.29 is 0 Å². The molecule has 1 aromatic carbocycles. The molecule has 0 amide bonds. The topological polar surface area (TPSA) is 4.93 Å². The lowest BCUT2D eigenvalue weighted by molar-refractivity contribution is 0.988. The Morgan fingerprint density at radius 3 is 2.19 bits per heavy atom. The zero-order valence-corrected chi connectivity index (χ0v) is 10.7. The van der Waals surface area contributed by atoms with Gasteiger partial charge in [-0.1, -0.05) is 11.6 Å². The highest BCUT2D eigenvalue weighted by molar-refractivity contribution is 6.30. The zero-order chi connectivity index (χ0) is 11.5. The first-order chi connectivity index (χ1) is 7.76. The molecule has 0 aliphatic heterocycles. The summed E-state index contributed by atoms with van der Waals surface area (Å²) in [6.45, 7) is 0. The van der Waals surface area contributed by atoms with Crippen LogP contribution >= 0.6 is 34.8 Å². The van der Waals surface area contributed by atoms with Crippen molar-refractivity contribution in [1.29, 1.82) is 0 Å². The van der Waals surface area contributed by atoms with Crippen LogP contribution in [-0.2, 0) is 11.8 Å². The Kier molecular flexibility index (Phi) is 3.80. The van der Waals surface area contributed by atoms with Crippen molar-refractivity contribution in [2.45, 2.75) is 11.8 Å². The average Bonchev–Trinajstić information content (AvgIpc) is 2.72. The van der Waals surface area contributed by atoms with E-state index in [1.165, 1.54) is 0 Å². The van der Waals surface area contributed by atoms with Gasteiger partial charge in [0.1, 0.15) is 0 Å². The molecule has 1 nitrogen and oxygen atoms in total. The molecule has 0 N–H and O–H groups in total. The fraction of sp³-hybridized carbons (Fsp3) is 0.167. The molecule has 0 saturated heterocycles. The van der Waals surface area contributed by atoms with Crippen molar-refractivity contribution in [3.8, 4) is 5.69 Å². The molecule has 2 aromatic rings. The second-order valence-electron chi connectivity index (χ2n) is 3.40. The third-order valence-electron chi connectivity index (χ3n) is 2.46. The molecule has 0 bridgehead atoms. The van der Waals surface area contributed by atoms with Crippen molar-refractivity contribution in [3.05, 3.63) is 52.8 Å². The van der Waals surface area contributed by atoms with E-state index >= 15 is 0 Å². The summed E-state index contributed by atoms with van der Waals surface area (Å²) >= 11 is 17.6. The van der Waals surface area contributed by atoms with Gasteiger partial charge in [-0.15, -0.1) is 23.2 Å². The highest BCUT2D eigenvalue weighted by atomic mass is 35.5. The average molecular weight is 275 g/mol. The van der Waals surface area contributed by atoms with E-state index in [9.17, 15) is 0 Å². The number of nitrogens with zero attached hydrogens (tertiary/aromatic N) is 1. The van der Waals surface area contributed by atoms with E-state index in [4.69, 9.17) is 34.8 Å². The molecule has 1 heterocycles. The second-order valence-corrected chi connectivity index (χ2v) is 4.37. The van der Waals surface area contributed by atoms with Crippen molar-refractivity contribution in [2.75, 3.05) is 0 Å². The quantitative estimate of drug-likeness (QED) is 0.720. The van der Waals surface area contributed by atoms with Crippen molar-refractivity contribution >= 4 is 34.8 Å². The van der Waals surface area contributed by atoms with E-state index in [-0.39, 0.29) is 0 Å². The molecule has 0 spiro atoms. The summed E-state index contributed by atoms with van der Waals surface area (Å²) in [4.78, 5) is 0. The van der Waals surface area contributed by atoms with Crippen LogP contribution in [0.15, 0.2) is 36.5 Å². The number of aromatic nitrogens is 1. The minimum atomic E-state index is 0.442. The van der Waals surface area contributed by atoms with E-state index in [1.807, 2.05) is 41.1 Å². The maximum Gasteiger partial charge on any atom is 0.0634 e. The molecule has 84 valence electrons. The van der Waals surface area contributed by atoms with Crippen LogP contribution in [0.3, 0.4) is 0 Å². The normalized spacial score (nSPS) is 10.7. The van der Waals surface area contributed by atoms with Gasteiger partial charge in [0.25, 0.3) is 0 Å². The summed E-state index contributed by atoms with van der Waals surface area (Å²) in [5.74, 6) is 0.917. The molecule has 4 heteroatoms. The van der Waals surface area contributed by atoms with Crippen molar-refractivity contribution in [3.63, 3.8) is 0 Å². The van der Waals surface area contributed by atoms with Crippen LogP contribution in [0.25, 0.3) is 5.69 Å². The van der Waals surface area contributed by atoms with E-state index in [0.717, 1.165) is 22.0 Å². The van der Waals surface area contributed by atoms with Gasteiger partial charge >= 0.3 is 0 Å². The number of hydrogen-bond acceptors (Lipinski definition) is 0. The molecule has 2 rings (SSSR count). The summed E-state index contributed by atoms with van der Waals surface area (Å²) in [5.41, 5.74) is 3.13. The summed E-state index contributed by atoms with van der Waals surface area (Å²) < 4.78 is 2.03. The largest absolute Gasteiger partial charge is 0.319 e. The number of hydrogen-bond donors (Lipinski definition) is 0. The van der Waals surface area contributed by atoms with Gasteiger partial charge in [-0.25, -0.2) is 0 Å². The van der Waals surface area contributed by atoms with E-state index < -0.39 is 0 Å². The van der Waals surface area contributed by atoms with Gasteiger partial charge in [0.2, 0.25) is 0 Å². The molecule has 0 saturated carbocycles. The Morgan fingerprint density at radius 1 is 0.938 bits per heavy atom. The fourth-order valence-corrected chi connectivity index (χ4v) is 2.29. The SMILES string of the molecule is ClCc1ccn(-c2ccc(Cl)cc2)c1CCl. The Bertz CT molecular complexity index is 474. The Labute approximate surface area is 110 Å². The zero-order valence-electron chi connectivity index (χ0n) is 8.46. The summed E-state index contributed by atoms with van der Waals surface area (Å²) in [6.07, 6.45) is 1.97. The van der Waals surface area contributed by atoms with Gasteiger partial charge in [-0.05, 0) is 35.9 Å². The number of alkyl halides is 2. The highest BCUT2D eigenvalue weighted by Gasteiger charge is 2.08. The number of rotatable bonds is 3. The van der Waals surface area contributed by atoms with Crippen LogP contribution in [0.1, 0.15) is 11.3 Å². The molecular weight excluding hydrogens is 264 g/mol. The van der Waals surface area contributed by atoms with Gasteiger partial charge < -0.3 is 4.57 Å². The molecule has 16 heavy (non-hydrogen) atoms. The summed E-state index contributed by atoms with van der Waals surface area (Å²) in [5, 5.41) is 0.723. The second kappa shape index (κ2) is 5.13. The van der Waals surface area contributed by atoms with Crippen molar-refractivity contribution in [1.82, 2.24) is 4.57 Å². The first-order valence-corrected chi connectivity index (χ1v) is 6.28. The lowest BCUT2D eigenvalue weighted by Gasteiger charge is -2.08. The predicted molar refractivity (Wildman–Crippen MR) is 69.9 cm³/mol. The van der Waals surface area contributed by atoms with E-state index in [0.29, 0.717) is 11.8 Å². The third-order valence-corrected chi connectivity index (χ3v) is 3.25. The monoisotopic (exact) mass is 273 g/mol. The van der Waals surface area contributed by atoms with Crippen LogP contribution in [0.2, 0.25) is 5.02 Å². The standard InChI is InChI=1S/C12H10Cl3N/c13-7-9-5-6-16(12(9)8-14)11-3-1-10(15)2-4-11/h1-6H,7-8H2. The fourth-order valence-electron chi connectivity index (χ4n) is 1.62. The first-order valence-electron chi connectivity index (χ1n) is 4.83. The Morgan fingerprint density at radius 2 is 1.62 bits per heavy atom. The van der Waals surface area contributed by atoms with Gasteiger partial charge in [0.15, 0.2) is 0 Å². The van der Waals surface area contributed by atoms with Gasteiger partial charge in [-0.2, -0.15) is 0 Å². The first kappa shape index (κ1) is 11.8. The summed E-state index contributed by atoms with van der Waals surface area (Å²) in [6, 6.07) is 9.61. The lowest BCUT2D eigenvalue weighted by atomic mass is 10.2. The third kappa shape index (κ3) is 2.22. The molecular formula is C12H10Cl3N. The van der Waals surface area contributed by atoms with Crippen LogP contribution in [0, 0.1) is 0 Å². The number of halogens is 3. The molecule has 0 aliphatic carbocycles. The molecule has 0 aliphatic rings. The van der Waals surface area contributed by atoms with Crippen molar-refractivity contribution in [2.24, 2.45) is 0 Å². The van der Waals surface area contributed by atoms with Gasteiger partial charge in [0, 0.05) is 28.5 Å². The molecule has 0 fully saturated rings. The highest BCUT2D eigenvalue weighted by Crippen LogP contribution is 2.21. The summed E-state index contributed by atoms with van der Waals surface area (Å²) in [7, 11) is 0. The smallest absolute Gasteiger partial charge is 0.0634 e. The van der Waals surface area contributed by atoms with Gasteiger partial charge in [0.05, 0.1) is 5.88 Å². The maximum absolute atomic E-state index is 5.93. The molecule has 0 unspecified atom stereocenters. The molecule has 1 aromatic heterocycles. The van der Waals surface area contributed by atoms with E-state index in [1.54, 1.807) is 0 Å². The molecule has 0 radical (unpaired) electrons. The molecule has 0 atom stereocenters. The minimum Gasteiger partial charge on any atom is -0.319 e. The minimum absolute atomic E-state index is 0.442. The van der Waals surface area contributed by atoms with Crippen LogP contribution < -0.4 is 0 Å². The number of benzene rings is 1.